The maximum atomic E-state index is 9.31. The summed E-state index contributed by atoms with van der Waals surface area (Å²) in [6.45, 7) is 4.33. The average Bonchev–Trinajstić information content (AvgIpc) is 2.09. The zero-order chi connectivity index (χ0) is 9.68. The maximum Gasteiger partial charge on any atom is 0.0580 e. The van der Waals surface area contributed by atoms with Crippen LogP contribution in [0.5, 0.6) is 0 Å². The van der Waals surface area contributed by atoms with Crippen molar-refractivity contribution in [2.24, 2.45) is 0 Å². The maximum absolute atomic E-state index is 9.31. The van der Waals surface area contributed by atoms with Crippen molar-refractivity contribution in [3.8, 4) is 0 Å². The molecule has 0 amide bonds. The van der Waals surface area contributed by atoms with E-state index in [2.05, 4.69) is 13.8 Å². The topological polar surface area (TPSA) is 29.5 Å². The second-order valence-corrected chi connectivity index (χ2v) is 4.17. The zero-order valence-electron chi connectivity index (χ0n) is 8.83. The highest BCUT2D eigenvalue weighted by Gasteiger charge is 2.21. The summed E-state index contributed by atoms with van der Waals surface area (Å²) in [5.74, 6) is 0. The first kappa shape index (κ1) is 11.0. The van der Waals surface area contributed by atoms with Gasteiger partial charge in [0.2, 0.25) is 0 Å². The van der Waals surface area contributed by atoms with Gasteiger partial charge in [-0.1, -0.05) is 13.3 Å². The van der Waals surface area contributed by atoms with Crippen LogP contribution in [0.1, 0.15) is 52.4 Å². The Labute approximate surface area is 81.3 Å². The first-order valence-electron chi connectivity index (χ1n) is 5.56. The van der Waals surface area contributed by atoms with Gasteiger partial charge in [0, 0.05) is 0 Å². The summed E-state index contributed by atoms with van der Waals surface area (Å²) in [6, 6.07) is 0. The zero-order valence-corrected chi connectivity index (χ0v) is 8.83. The molecule has 1 rings (SSSR count). The van der Waals surface area contributed by atoms with Gasteiger partial charge in [-0.15, -0.1) is 0 Å². The third kappa shape index (κ3) is 4.10. The third-order valence-corrected chi connectivity index (χ3v) is 2.76. The Hall–Kier alpha value is -0.0800. The predicted molar refractivity (Wildman–Crippen MR) is 53.7 cm³/mol. The lowest BCUT2D eigenvalue weighted by molar-refractivity contribution is -0.0434. The van der Waals surface area contributed by atoms with Crippen molar-refractivity contribution in [1.29, 1.82) is 0 Å². The molecule has 0 saturated heterocycles. The van der Waals surface area contributed by atoms with Crippen molar-refractivity contribution < 1.29 is 9.84 Å². The summed E-state index contributed by atoms with van der Waals surface area (Å²) in [5, 5.41) is 9.31. The summed E-state index contributed by atoms with van der Waals surface area (Å²) < 4.78 is 5.87. The minimum absolute atomic E-state index is 0.0682. The van der Waals surface area contributed by atoms with Gasteiger partial charge in [-0.2, -0.15) is 0 Å². The number of ether oxygens (including phenoxy) is 1. The number of hydrogen-bond donors (Lipinski definition) is 1. The molecule has 2 heteroatoms. The molecule has 0 aromatic rings. The molecule has 78 valence electrons. The lowest BCUT2D eigenvalue weighted by Crippen LogP contribution is -2.27. The monoisotopic (exact) mass is 186 g/mol. The van der Waals surface area contributed by atoms with E-state index in [9.17, 15) is 5.11 Å². The van der Waals surface area contributed by atoms with E-state index < -0.39 is 0 Å². The van der Waals surface area contributed by atoms with Gasteiger partial charge in [-0.05, 0) is 39.0 Å². The Morgan fingerprint density at radius 1 is 1.31 bits per heavy atom. The van der Waals surface area contributed by atoms with E-state index in [1.807, 2.05) is 0 Å². The van der Waals surface area contributed by atoms with Gasteiger partial charge in [-0.25, -0.2) is 0 Å². The standard InChI is InChI=1S/C11H22O2/c1-3-4-9(2)13-11-7-5-10(12)6-8-11/h9-12H,3-8H2,1-2H3. The van der Waals surface area contributed by atoms with Crippen LogP contribution >= 0.6 is 0 Å². The van der Waals surface area contributed by atoms with Crippen LogP contribution in [0, 0.1) is 0 Å². The Kier molecular flexibility index (Phi) is 4.74. The van der Waals surface area contributed by atoms with Crippen LogP contribution in [0.2, 0.25) is 0 Å². The molecule has 1 aliphatic rings. The van der Waals surface area contributed by atoms with Crippen LogP contribution in [0.4, 0.5) is 0 Å². The quantitative estimate of drug-likeness (QED) is 0.731. The van der Waals surface area contributed by atoms with E-state index in [0.717, 1.165) is 32.1 Å². The molecule has 0 radical (unpaired) electrons. The first-order chi connectivity index (χ1) is 6.22. The van der Waals surface area contributed by atoms with E-state index in [4.69, 9.17) is 4.74 Å². The Bertz CT molecular complexity index is 128. The van der Waals surface area contributed by atoms with Gasteiger partial charge in [0.25, 0.3) is 0 Å². The van der Waals surface area contributed by atoms with Gasteiger partial charge in [0.1, 0.15) is 0 Å². The molecule has 2 nitrogen and oxygen atoms in total. The molecule has 0 heterocycles. The summed E-state index contributed by atoms with van der Waals surface area (Å²) >= 11 is 0. The highest BCUT2D eigenvalue weighted by Crippen LogP contribution is 2.22. The van der Waals surface area contributed by atoms with Crippen LogP contribution in [0.15, 0.2) is 0 Å². The summed E-state index contributed by atoms with van der Waals surface area (Å²) in [5.41, 5.74) is 0. The Morgan fingerprint density at radius 2 is 1.92 bits per heavy atom. The molecule has 1 atom stereocenters. The molecule has 1 aliphatic carbocycles. The molecule has 1 unspecified atom stereocenters. The van der Waals surface area contributed by atoms with Crippen molar-refractivity contribution in [2.75, 3.05) is 0 Å². The highest BCUT2D eigenvalue weighted by molar-refractivity contribution is 4.72. The summed E-state index contributed by atoms with van der Waals surface area (Å²) in [6.07, 6.45) is 6.99. The van der Waals surface area contributed by atoms with Crippen molar-refractivity contribution in [3.63, 3.8) is 0 Å². The smallest absolute Gasteiger partial charge is 0.0580 e. The molecule has 0 aliphatic heterocycles. The van der Waals surface area contributed by atoms with Crippen LogP contribution in [-0.2, 0) is 4.74 Å². The van der Waals surface area contributed by atoms with Crippen LogP contribution in [0.3, 0.4) is 0 Å². The fourth-order valence-electron chi connectivity index (χ4n) is 1.98. The molecule has 0 aromatic heterocycles. The minimum Gasteiger partial charge on any atom is -0.393 e. The van der Waals surface area contributed by atoms with Gasteiger partial charge in [0.05, 0.1) is 18.3 Å². The lowest BCUT2D eigenvalue weighted by atomic mass is 9.95. The Balaban J connectivity index is 2.14. The summed E-state index contributed by atoms with van der Waals surface area (Å²) in [4.78, 5) is 0. The fraction of sp³-hybridized carbons (Fsp3) is 1.00. The highest BCUT2D eigenvalue weighted by atomic mass is 16.5. The molecular weight excluding hydrogens is 164 g/mol. The van der Waals surface area contributed by atoms with Crippen molar-refractivity contribution in [2.45, 2.75) is 70.7 Å². The minimum atomic E-state index is -0.0682. The molecule has 1 saturated carbocycles. The van der Waals surface area contributed by atoms with Crippen LogP contribution in [0.25, 0.3) is 0 Å². The van der Waals surface area contributed by atoms with Crippen molar-refractivity contribution >= 4 is 0 Å². The summed E-state index contributed by atoms with van der Waals surface area (Å²) in [7, 11) is 0. The fourth-order valence-corrected chi connectivity index (χ4v) is 1.98. The normalized spacial score (nSPS) is 31.6. The van der Waals surface area contributed by atoms with Gasteiger partial charge >= 0.3 is 0 Å². The average molecular weight is 186 g/mol. The van der Waals surface area contributed by atoms with E-state index in [1.54, 1.807) is 0 Å². The first-order valence-corrected chi connectivity index (χ1v) is 5.56. The second kappa shape index (κ2) is 5.61. The lowest BCUT2D eigenvalue weighted by Gasteiger charge is -2.28. The Morgan fingerprint density at radius 3 is 2.46 bits per heavy atom. The predicted octanol–water partition coefficient (Wildman–Crippen LogP) is 2.50. The molecule has 1 N–H and O–H groups in total. The SMILES string of the molecule is CCCC(C)OC1CCC(O)CC1. The van der Waals surface area contributed by atoms with Crippen molar-refractivity contribution in [1.82, 2.24) is 0 Å². The molecule has 13 heavy (non-hydrogen) atoms. The van der Waals surface area contributed by atoms with E-state index in [-0.39, 0.29) is 6.10 Å². The van der Waals surface area contributed by atoms with E-state index in [0.29, 0.717) is 12.2 Å². The molecule has 0 bridgehead atoms. The molecule has 0 spiro atoms. The van der Waals surface area contributed by atoms with Gasteiger partial charge < -0.3 is 9.84 Å². The van der Waals surface area contributed by atoms with Gasteiger partial charge in [0.15, 0.2) is 0 Å². The number of hydrogen-bond acceptors (Lipinski definition) is 2. The molecule has 1 fully saturated rings. The number of aliphatic hydroxyl groups excluding tert-OH is 1. The largest absolute Gasteiger partial charge is 0.393 e. The number of rotatable bonds is 4. The number of aliphatic hydroxyl groups is 1. The molecular formula is C11H22O2. The third-order valence-electron chi connectivity index (χ3n) is 2.76. The van der Waals surface area contributed by atoms with Crippen LogP contribution in [-0.4, -0.2) is 23.4 Å². The molecule has 0 aromatic carbocycles. The van der Waals surface area contributed by atoms with Crippen LogP contribution < -0.4 is 0 Å². The van der Waals surface area contributed by atoms with Gasteiger partial charge in [-0.3, -0.25) is 0 Å². The van der Waals surface area contributed by atoms with E-state index >= 15 is 0 Å². The van der Waals surface area contributed by atoms with E-state index in [1.165, 1.54) is 6.42 Å². The van der Waals surface area contributed by atoms with Crippen molar-refractivity contribution in [3.05, 3.63) is 0 Å². The second-order valence-electron chi connectivity index (χ2n) is 4.17.